The third-order valence-electron chi connectivity index (χ3n) is 4.36. The van der Waals surface area contributed by atoms with Crippen LogP contribution in [0.4, 0.5) is 0 Å². The Morgan fingerprint density at radius 1 is 1.07 bits per heavy atom. The molecule has 0 aliphatic rings. The molecule has 0 fully saturated rings. The fraction of sp³-hybridized carbons (Fsp3) is 0.286. The molecule has 0 atom stereocenters. The molecule has 6 nitrogen and oxygen atoms in total. The highest BCUT2D eigenvalue weighted by atomic mass is 16.5. The standard InChI is InChI=1S/C21H23N3O3/c1-3-19(25)15-9-11-16(12-10-15)27-14-21(26)22-13-20-23-17-7-5-6-8-18(17)24(20)4-2/h5-12H,3-4,13-14H2,1-2H3,(H,22,26). The molecule has 1 N–H and O–H groups in total. The van der Waals surface area contributed by atoms with Crippen molar-refractivity contribution in [1.82, 2.24) is 14.9 Å². The van der Waals surface area contributed by atoms with Crippen LogP contribution < -0.4 is 10.1 Å². The lowest BCUT2D eigenvalue weighted by molar-refractivity contribution is -0.123. The van der Waals surface area contributed by atoms with E-state index < -0.39 is 0 Å². The van der Waals surface area contributed by atoms with E-state index in [2.05, 4.69) is 21.8 Å². The maximum Gasteiger partial charge on any atom is 0.258 e. The highest BCUT2D eigenvalue weighted by molar-refractivity contribution is 5.95. The summed E-state index contributed by atoms with van der Waals surface area (Å²) in [7, 11) is 0. The largest absolute Gasteiger partial charge is 0.484 e. The number of benzene rings is 2. The van der Waals surface area contributed by atoms with Crippen molar-refractivity contribution in [3.63, 3.8) is 0 Å². The highest BCUT2D eigenvalue weighted by Crippen LogP contribution is 2.16. The molecule has 0 aliphatic heterocycles. The molecule has 1 aromatic heterocycles. The fourth-order valence-corrected chi connectivity index (χ4v) is 2.93. The zero-order valence-electron chi connectivity index (χ0n) is 15.6. The number of carbonyl (C=O) groups excluding carboxylic acids is 2. The smallest absolute Gasteiger partial charge is 0.258 e. The van der Waals surface area contributed by atoms with E-state index >= 15 is 0 Å². The van der Waals surface area contributed by atoms with Gasteiger partial charge < -0.3 is 14.6 Å². The Hall–Kier alpha value is -3.15. The van der Waals surface area contributed by atoms with Crippen LogP contribution in [0, 0.1) is 0 Å². The lowest BCUT2D eigenvalue weighted by Crippen LogP contribution is -2.29. The highest BCUT2D eigenvalue weighted by Gasteiger charge is 2.11. The Labute approximate surface area is 158 Å². The average Bonchev–Trinajstić information content (AvgIpc) is 3.08. The van der Waals surface area contributed by atoms with E-state index in [-0.39, 0.29) is 18.3 Å². The van der Waals surface area contributed by atoms with Crippen LogP contribution in [0.25, 0.3) is 11.0 Å². The van der Waals surface area contributed by atoms with Gasteiger partial charge in [-0.25, -0.2) is 4.98 Å². The van der Waals surface area contributed by atoms with Crippen LogP contribution in [0.15, 0.2) is 48.5 Å². The lowest BCUT2D eigenvalue weighted by Gasteiger charge is -2.09. The first-order valence-corrected chi connectivity index (χ1v) is 9.09. The third-order valence-corrected chi connectivity index (χ3v) is 4.36. The first-order chi connectivity index (χ1) is 13.1. The van der Waals surface area contributed by atoms with Crippen LogP contribution in [0.5, 0.6) is 5.75 Å². The third kappa shape index (κ3) is 4.34. The molecule has 0 radical (unpaired) electrons. The van der Waals surface area contributed by atoms with Crippen molar-refractivity contribution in [3.8, 4) is 5.75 Å². The van der Waals surface area contributed by atoms with Gasteiger partial charge in [0.25, 0.3) is 5.91 Å². The molecule has 1 amide bonds. The summed E-state index contributed by atoms with van der Waals surface area (Å²) >= 11 is 0. The predicted octanol–water partition coefficient (Wildman–Crippen LogP) is 3.34. The summed E-state index contributed by atoms with van der Waals surface area (Å²) in [4.78, 5) is 28.3. The van der Waals surface area contributed by atoms with Crippen LogP contribution >= 0.6 is 0 Å². The first-order valence-electron chi connectivity index (χ1n) is 9.09. The number of nitrogens with one attached hydrogen (secondary N) is 1. The summed E-state index contributed by atoms with van der Waals surface area (Å²) in [6.45, 7) is 4.91. The minimum Gasteiger partial charge on any atom is -0.484 e. The lowest BCUT2D eigenvalue weighted by atomic mass is 10.1. The van der Waals surface area contributed by atoms with E-state index in [1.54, 1.807) is 24.3 Å². The summed E-state index contributed by atoms with van der Waals surface area (Å²) in [5, 5.41) is 2.84. The summed E-state index contributed by atoms with van der Waals surface area (Å²) < 4.78 is 7.57. The number of imidazole rings is 1. The van der Waals surface area contributed by atoms with Crippen molar-refractivity contribution in [1.29, 1.82) is 0 Å². The average molecular weight is 365 g/mol. The number of fused-ring (bicyclic) bond motifs is 1. The van der Waals surface area contributed by atoms with E-state index in [0.717, 1.165) is 23.4 Å². The Balaban J connectivity index is 1.55. The van der Waals surface area contributed by atoms with Crippen LogP contribution in [-0.4, -0.2) is 27.8 Å². The molecule has 0 bridgehead atoms. The van der Waals surface area contributed by atoms with Gasteiger partial charge in [-0.3, -0.25) is 9.59 Å². The van der Waals surface area contributed by atoms with E-state index in [1.807, 2.05) is 31.2 Å². The maximum absolute atomic E-state index is 12.1. The molecule has 27 heavy (non-hydrogen) atoms. The van der Waals surface area contributed by atoms with Crippen molar-refractivity contribution in [3.05, 3.63) is 59.9 Å². The molecule has 0 aliphatic carbocycles. The number of carbonyl (C=O) groups is 2. The van der Waals surface area contributed by atoms with Crippen LogP contribution in [0.3, 0.4) is 0 Å². The molecule has 3 rings (SSSR count). The van der Waals surface area contributed by atoms with Crippen molar-refractivity contribution in [2.75, 3.05) is 6.61 Å². The zero-order valence-corrected chi connectivity index (χ0v) is 15.6. The topological polar surface area (TPSA) is 73.2 Å². The van der Waals surface area contributed by atoms with Gasteiger partial charge >= 0.3 is 0 Å². The van der Waals surface area contributed by atoms with Gasteiger partial charge in [-0.15, -0.1) is 0 Å². The Kier molecular flexibility index (Phi) is 5.86. The molecule has 0 unspecified atom stereocenters. The fourth-order valence-electron chi connectivity index (χ4n) is 2.93. The van der Waals surface area contributed by atoms with E-state index in [9.17, 15) is 9.59 Å². The molecule has 1 heterocycles. The minimum absolute atomic E-state index is 0.0816. The number of ketones is 1. The zero-order chi connectivity index (χ0) is 19.2. The van der Waals surface area contributed by atoms with Crippen molar-refractivity contribution >= 4 is 22.7 Å². The number of ether oxygens (including phenoxy) is 1. The van der Waals surface area contributed by atoms with Gasteiger partial charge in [0.1, 0.15) is 11.6 Å². The first kappa shape index (κ1) is 18.6. The van der Waals surface area contributed by atoms with E-state index in [0.29, 0.717) is 24.3 Å². The normalized spacial score (nSPS) is 10.7. The number of hydrogen-bond acceptors (Lipinski definition) is 4. The quantitative estimate of drug-likeness (QED) is 0.621. The summed E-state index contributed by atoms with van der Waals surface area (Å²) in [5.41, 5.74) is 2.62. The Morgan fingerprint density at radius 2 is 1.81 bits per heavy atom. The van der Waals surface area contributed by atoms with Gasteiger partial charge in [-0.05, 0) is 43.3 Å². The number of para-hydroxylation sites is 2. The number of aryl methyl sites for hydroxylation is 1. The van der Waals surface area contributed by atoms with E-state index in [4.69, 9.17) is 4.74 Å². The number of Topliss-reactive ketones (excluding diaryl/α,β-unsaturated/α-hetero) is 1. The van der Waals surface area contributed by atoms with Gasteiger partial charge in [0, 0.05) is 18.5 Å². The maximum atomic E-state index is 12.1. The van der Waals surface area contributed by atoms with Gasteiger partial charge in [0.05, 0.1) is 17.6 Å². The number of aromatic nitrogens is 2. The van der Waals surface area contributed by atoms with Crippen molar-refractivity contribution in [2.45, 2.75) is 33.4 Å². The SMILES string of the molecule is CCC(=O)c1ccc(OCC(=O)NCc2nc3ccccc3n2CC)cc1. The summed E-state index contributed by atoms with van der Waals surface area (Å²) in [6, 6.07) is 14.7. The van der Waals surface area contributed by atoms with Gasteiger partial charge in [-0.2, -0.15) is 0 Å². The Morgan fingerprint density at radius 3 is 2.52 bits per heavy atom. The van der Waals surface area contributed by atoms with Gasteiger partial charge in [0.2, 0.25) is 0 Å². The van der Waals surface area contributed by atoms with Gasteiger partial charge in [0.15, 0.2) is 12.4 Å². The second kappa shape index (κ2) is 8.49. The number of nitrogens with zero attached hydrogens (tertiary/aromatic N) is 2. The van der Waals surface area contributed by atoms with Crippen LogP contribution in [-0.2, 0) is 17.9 Å². The van der Waals surface area contributed by atoms with Crippen LogP contribution in [0.1, 0.15) is 36.5 Å². The number of rotatable bonds is 8. The minimum atomic E-state index is -0.224. The molecule has 140 valence electrons. The molecule has 2 aromatic carbocycles. The molecule has 0 saturated carbocycles. The second-order valence-corrected chi connectivity index (χ2v) is 6.13. The molecule has 3 aromatic rings. The number of hydrogen-bond donors (Lipinski definition) is 1. The Bertz CT molecular complexity index is 945. The molecule has 0 spiro atoms. The monoisotopic (exact) mass is 365 g/mol. The summed E-state index contributed by atoms with van der Waals surface area (Å²) in [5.74, 6) is 1.23. The molecular formula is C21H23N3O3. The van der Waals surface area contributed by atoms with E-state index in [1.165, 1.54) is 0 Å². The number of amides is 1. The van der Waals surface area contributed by atoms with Crippen molar-refractivity contribution in [2.24, 2.45) is 0 Å². The van der Waals surface area contributed by atoms with Gasteiger partial charge in [-0.1, -0.05) is 19.1 Å². The second-order valence-electron chi connectivity index (χ2n) is 6.13. The molecular weight excluding hydrogens is 342 g/mol. The molecule has 6 heteroatoms. The molecule has 0 saturated heterocycles. The summed E-state index contributed by atoms with van der Waals surface area (Å²) in [6.07, 6.45) is 0.463. The van der Waals surface area contributed by atoms with Crippen molar-refractivity contribution < 1.29 is 14.3 Å². The predicted molar refractivity (Wildman–Crippen MR) is 104 cm³/mol. The van der Waals surface area contributed by atoms with Crippen LogP contribution in [0.2, 0.25) is 0 Å².